The van der Waals surface area contributed by atoms with E-state index in [0.717, 1.165) is 0 Å². The van der Waals surface area contributed by atoms with Crippen LogP contribution in [0.4, 0.5) is 13.2 Å². The van der Waals surface area contributed by atoms with Crippen LogP contribution in [0.15, 0.2) is 16.7 Å². The van der Waals surface area contributed by atoms with Crippen LogP contribution in [0.5, 0.6) is 0 Å². The fraction of sp³-hybridized carbons (Fsp3) is 0.444. The van der Waals surface area contributed by atoms with E-state index >= 15 is 0 Å². The molecule has 1 amide bonds. The summed E-state index contributed by atoms with van der Waals surface area (Å²) in [5.74, 6) is -0.358. The predicted octanol–water partition coefficient (Wildman–Crippen LogP) is 2.07. The van der Waals surface area contributed by atoms with Gasteiger partial charge in [0.25, 0.3) is 5.91 Å². The second-order valence-corrected chi connectivity index (χ2v) is 2.95. The van der Waals surface area contributed by atoms with Gasteiger partial charge in [-0.2, -0.15) is 13.2 Å². The predicted molar refractivity (Wildman–Crippen MR) is 47.6 cm³/mol. The van der Waals surface area contributed by atoms with Gasteiger partial charge in [0.1, 0.15) is 5.76 Å². The minimum Gasteiger partial charge on any atom is -0.469 e. The molecule has 1 aromatic rings. The van der Waals surface area contributed by atoms with Crippen molar-refractivity contribution in [1.29, 1.82) is 0 Å². The number of hydrogen-bond acceptors (Lipinski definition) is 3. The lowest BCUT2D eigenvalue weighted by Gasteiger charge is -2.07. The molecule has 0 aliphatic rings. The molecule has 0 atom stereocenters. The van der Waals surface area contributed by atoms with Crippen molar-refractivity contribution >= 4 is 5.91 Å². The Hall–Kier alpha value is -1.50. The first-order valence-electron chi connectivity index (χ1n) is 4.49. The fourth-order valence-electron chi connectivity index (χ4n) is 1.06. The highest BCUT2D eigenvalue weighted by Crippen LogP contribution is 2.14. The zero-order valence-electron chi connectivity index (χ0n) is 8.43. The maximum Gasteiger partial charge on any atom is 0.414 e. The van der Waals surface area contributed by atoms with Gasteiger partial charge in [-0.1, -0.05) is 6.92 Å². The van der Waals surface area contributed by atoms with Crippen molar-refractivity contribution in [2.45, 2.75) is 19.5 Å². The van der Waals surface area contributed by atoms with Crippen LogP contribution in [0, 0.1) is 0 Å². The molecule has 4 nitrogen and oxygen atoms in total. The van der Waals surface area contributed by atoms with Gasteiger partial charge in [0, 0.05) is 6.42 Å². The number of halogens is 3. The smallest absolute Gasteiger partial charge is 0.414 e. The third-order valence-corrected chi connectivity index (χ3v) is 1.71. The van der Waals surface area contributed by atoms with Gasteiger partial charge in [-0.15, -0.1) is 0 Å². The van der Waals surface area contributed by atoms with Gasteiger partial charge in [-0.05, 0) is 6.07 Å². The quantitative estimate of drug-likeness (QED) is 0.815. The molecule has 90 valence electrons. The van der Waals surface area contributed by atoms with Crippen molar-refractivity contribution in [2.24, 2.45) is 0 Å². The van der Waals surface area contributed by atoms with E-state index in [1.807, 2.05) is 0 Å². The first-order chi connectivity index (χ1) is 7.44. The number of nitrogens with one attached hydrogen (secondary N) is 1. The molecular formula is C9H10F3NO3. The van der Waals surface area contributed by atoms with E-state index in [1.165, 1.54) is 12.3 Å². The molecule has 7 heteroatoms. The Morgan fingerprint density at radius 3 is 2.81 bits per heavy atom. The summed E-state index contributed by atoms with van der Waals surface area (Å²) in [5, 5.41) is 0. The van der Waals surface area contributed by atoms with Crippen molar-refractivity contribution in [3.63, 3.8) is 0 Å². The van der Waals surface area contributed by atoms with E-state index < -0.39 is 18.7 Å². The van der Waals surface area contributed by atoms with Crippen LogP contribution in [0.2, 0.25) is 0 Å². The maximum absolute atomic E-state index is 11.7. The molecule has 0 aromatic carbocycles. The number of aryl methyl sites for hydroxylation is 1. The average molecular weight is 237 g/mol. The summed E-state index contributed by atoms with van der Waals surface area (Å²) >= 11 is 0. The Morgan fingerprint density at radius 1 is 1.56 bits per heavy atom. The SMILES string of the molecule is CCc1occc1C(=O)NOCC(F)(F)F. The molecule has 0 aliphatic heterocycles. The van der Waals surface area contributed by atoms with Gasteiger partial charge < -0.3 is 4.42 Å². The Labute approximate surface area is 89.3 Å². The monoisotopic (exact) mass is 237 g/mol. The summed E-state index contributed by atoms with van der Waals surface area (Å²) in [6, 6.07) is 1.37. The summed E-state index contributed by atoms with van der Waals surface area (Å²) in [4.78, 5) is 15.3. The van der Waals surface area contributed by atoms with Crippen LogP contribution in [-0.4, -0.2) is 18.7 Å². The number of alkyl halides is 3. The number of amides is 1. The Morgan fingerprint density at radius 2 is 2.25 bits per heavy atom. The van der Waals surface area contributed by atoms with Gasteiger partial charge >= 0.3 is 6.18 Å². The van der Waals surface area contributed by atoms with Gasteiger partial charge in [0.05, 0.1) is 11.8 Å². The van der Waals surface area contributed by atoms with Crippen LogP contribution in [0.3, 0.4) is 0 Å². The maximum atomic E-state index is 11.7. The largest absolute Gasteiger partial charge is 0.469 e. The molecule has 1 rings (SSSR count). The molecule has 0 aliphatic carbocycles. The molecule has 0 saturated heterocycles. The van der Waals surface area contributed by atoms with E-state index in [-0.39, 0.29) is 5.56 Å². The normalized spacial score (nSPS) is 11.5. The number of furan rings is 1. The first-order valence-corrected chi connectivity index (χ1v) is 4.49. The van der Waals surface area contributed by atoms with E-state index in [0.29, 0.717) is 12.2 Å². The molecule has 0 bridgehead atoms. The lowest BCUT2D eigenvalue weighted by molar-refractivity contribution is -0.184. The van der Waals surface area contributed by atoms with E-state index in [4.69, 9.17) is 4.42 Å². The van der Waals surface area contributed by atoms with Crippen molar-refractivity contribution < 1.29 is 27.2 Å². The molecular weight excluding hydrogens is 227 g/mol. The zero-order chi connectivity index (χ0) is 12.2. The lowest BCUT2D eigenvalue weighted by Crippen LogP contribution is -2.29. The third kappa shape index (κ3) is 3.58. The van der Waals surface area contributed by atoms with Crippen LogP contribution in [-0.2, 0) is 11.3 Å². The van der Waals surface area contributed by atoms with Crippen molar-refractivity contribution in [2.75, 3.05) is 6.61 Å². The Bertz CT molecular complexity index is 359. The molecule has 1 N–H and O–H groups in total. The van der Waals surface area contributed by atoms with Gasteiger partial charge in [0.2, 0.25) is 0 Å². The summed E-state index contributed by atoms with van der Waals surface area (Å²) in [5.41, 5.74) is 1.87. The summed E-state index contributed by atoms with van der Waals surface area (Å²) < 4.78 is 40.0. The minimum atomic E-state index is -4.47. The highest BCUT2D eigenvalue weighted by Gasteiger charge is 2.28. The first kappa shape index (κ1) is 12.6. The molecule has 0 radical (unpaired) electrons. The molecule has 0 unspecified atom stereocenters. The lowest BCUT2D eigenvalue weighted by atomic mass is 10.2. The Kier molecular flexibility index (Phi) is 3.94. The van der Waals surface area contributed by atoms with E-state index in [1.54, 1.807) is 12.4 Å². The fourth-order valence-corrected chi connectivity index (χ4v) is 1.06. The molecule has 16 heavy (non-hydrogen) atoms. The number of carbonyl (C=O) groups excluding carboxylic acids is 1. The van der Waals surface area contributed by atoms with Crippen molar-refractivity contribution in [1.82, 2.24) is 5.48 Å². The molecule has 0 fully saturated rings. The molecule has 1 aromatic heterocycles. The second kappa shape index (κ2) is 5.02. The van der Waals surface area contributed by atoms with Crippen LogP contribution in [0.25, 0.3) is 0 Å². The van der Waals surface area contributed by atoms with Crippen LogP contribution < -0.4 is 5.48 Å². The minimum absolute atomic E-state index is 0.171. The van der Waals surface area contributed by atoms with E-state index in [2.05, 4.69) is 4.84 Å². The van der Waals surface area contributed by atoms with Gasteiger partial charge in [-0.3, -0.25) is 9.63 Å². The van der Waals surface area contributed by atoms with Gasteiger partial charge in [-0.25, -0.2) is 5.48 Å². The number of hydroxylamine groups is 1. The molecule has 0 saturated carbocycles. The highest BCUT2D eigenvalue weighted by molar-refractivity contribution is 5.94. The van der Waals surface area contributed by atoms with Crippen molar-refractivity contribution in [3.8, 4) is 0 Å². The number of carbonyl (C=O) groups is 1. The average Bonchev–Trinajstić information content (AvgIpc) is 2.63. The standard InChI is InChI=1S/C9H10F3NO3/c1-2-7-6(3-4-15-7)8(14)13-16-5-9(10,11)12/h3-4H,2,5H2,1H3,(H,13,14). The van der Waals surface area contributed by atoms with E-state index in [9.17, 15) is 18.0 Å². The number of hydrogen-bond donors (Lipinski definition) is 1. The topological polar surface area (TPSA) is 51.5 Å². The summed E-state index contributed by atoms with van der Waals surface area (Å²) in [6.07, 6.45) is -2.72. The number of rotatable bonds is 4. The van der Waals surface area contributed by atoms with Crippen molar-refractivity contribution in [3.05, 3.63) is 23.7 Å². The highest BCUT2D eigenvalue weighted by atomic mass is 19.4. The third-order valence-electron chi connectivity index (χ3n) is 1.71. The van der Waals surface area contributed by atoms with Crippen LogP contribution >= 0.6 is 0 Å². The summed E-state index contributed by atoms with van der Waals surface area (Å²) in [6.45, 7) is 0.226. The van der Waals surface area contributed by atoms with Crippen LogP contribution in [0.1, 0.15) is 23.0 Å². The molecule has 0 spiro atoms. The Balaban J connectivity index is 2.47. The second-order valence-electron chi connectivity index (χ2n) is 2.95. The summed E-state index contributed by atoms with van der Waals surface area (Å²) in [7, 11) is 0. The molecule has 1 heterocycles. The zero-order valence-corrected chi connectivity index (χ0v) is 8.43. The van der Waals surface area contributed by atoms with Gasteiger partial charge in [0.15, 0.2) is 6.61 Å².